The fourth-order valence-electron chi connectivity index (χ4n) is 2.01. The molecule has 13 heavy (non-hydrogen) atoms. The Morgan fingerprint density at radius 2 is 1.54 bits per heavy atom. The molecule has 2 fully saturated rings. The summed E-state index contributed by atoms with van der Waals surface area (Å²) in [4.78, 5) is 0. The Balaban J connectivity index is 1.82. The van der Waals surface area contributed by atoms with Crippen LogP contribution >= 0.6 is 0 Å². The van der Waals surface area contributed by atoms with E-state index < -0.39 is 0 Å². The van der Waals surface area contributed by atoms with E-state index in [1.54, 1.807) is 0 Å². The van der Waals surface area contributed by atoms with Crippen molar-refractivity contribution in [1.82, 2.24) is 0 Å². The van der Waals surface area contributed by atoms with E-state index in [1.807, 2.05) is 0 Å². The minimum atomic E-state index is 0.0848. The molecule has 2 nitrogen and oxygen atoms in total. The van der Waals surface area contributed by atoms with Gasteiger partial charge in [0.2, 0.25) is 0 Å². The van der Waals surface area contributed by atoms with Crippen LogP contribution in [0.2, 0.25) is 0 Å². The van der Waals surface area contributed by atoms with Crippen LogP contribution in [0, 0.1) is 0 Å². The van der Waals surface area contributed by atoms with Gasteiger partial charge in [-0.25, -0.2) is 0 Å². The maximum absolute atomic E-state index is 5.69. The molecule has 0 aliphatic carbocycles. The summed E-state index contributed by atoms with van der Waals surface area (Å²) in [6, 6.07) is 0. The fourth-order valence-corrected chi connectivity index (χ4v) is 2.01. The number of hydrogen-bond acceptors (Lipinski definition) is 2. The van der Waals surface area contributed by atoms with Gasteiger partial charge in [-0.1, -0.05) is 0 Å². The highest BCUT2D eigenvalue weighted by Gasteiger charge is 2.61. The van der Waals surface area contributed by atoms with Gasteiger partial charge in [-0.15, -0.1) is 0 Å². The standard InChI is InChI=1S/C11H20O2/c1-8-10(4,12-8)6-7-11(5)9(2,3)13-11/h8H,6-7H2,1-5H3. The Morgan fingerprint density at radius 3 is 1.85 bits per heavy atom. The highest BCUT2D eigenvalue weighted by Crippen LogP contribution is 2.53. The summed E-state index contributed by atoms with van der Waals surface area (Å²) in [6.45, 7) is 10.8. The molecule has 0 saturated carbocycles. The molecule has 0 N–H and O–H groups in total. The second-order valence-electron chi connectivity index (χ2n) is 5.42. The van der Waals surface area contributed by atoms with Crippen molar-refractivity contribution in [3.05, 3.63) is 0 Å². The predicted octanol–water partition coefficient (Wildman–Crippen LogP) is 2.51. The zero-order valence-electron chi connectivity index (χ0n) is 9.31. The predicted molar refractivity (Wildman–Crippen MR) is 51.8 cm³/mol. The zero-order chi connectivity index (χ0) is 9.91. The second kappa shape index (κ2) is 2.29. The molecular formula is C11H20O2. The molecule has 2 aliphatic rings. The molecule has 2 saturated heterocycles. The maximum Gasteiger partial charge on any atom is 0.0947 e. The van der Waals surface area contributed by atoms with Gasteiger partial charge in [0.25, 0.3) is 0 Å². The first-order chi connectivity index (χ1) is 5.79. The van der Waals surface area contributed by atoms with Crippen LogP contribution in [0.25, 0.3) is 0 Å². The largest absolute Gasteiger partial charge is 0.367 e. The Labute approximate surface area is 80.6 Å². The molecule has 0 aromatic heterocycles. The van der Waals surface area contributed by atoms with Gasteiger partial charge >= 0.3 is 0 Å². The molecule has 3 unspecified atom stereocenters. The van der Waals surface area contributed by atoms with Gasteiger partial charge in [0.1, 0.15) is 0 Å². The SMILES string of the molecule is CC1OC1(C)CCC1(C)OC1(C)C. The molecule has 2 heterocycles. The van der Waals surface area contributed by atoms with Gasteiger partial charge in [-0.3, -0.25) is 0 Å². The minimum Gasteiger partial charge on any atom is -0.367 e. The van der Waals surface area contributed by atoms with Gasteiger partial charge < -0.3 is 9.47 Å². The van der Waals surface area contributed by atoms with Crippen molar-refractivity contribution in [3.63, 3.8) is 0 Å². The number of epoxide rings is 2. The van der Waals surface area contributed by atoms with Gasteiger partial charge in [0.15, 0.2) is 0 Å². The summed E-state index contributed by atoms with van der Waals surface area (Å²) < 4.78 is 11.2. The normalized spacial score (nSPS) is 51.9. The molecule has 0 aromatic rings. The highest BCUT2D eigenvalue weighted by molar-refractivity contribution is 5.09. The van der Waals surface area contributed by atoms with E-state index >= 15 is 0 Å². The van der Waals surface area contributed by atoms with Crippen molar-refractivity contribution < 1.29 is 9.47 Å². The fraction of sp³-hybridized carbons (Fsp3) is 1.00. The molecule has 0 aromatic carbocycles. The average molecular weight is 184 g/mol. The topological polar surface area (TPSA) is 25.1 Å². The number of ether oxygens (including phenoxy) is 2. The lowest BCUT2D eigenvalue weighted by atomic mass is 9.89. The van der Waals surface area contributed by atoms with Crippen LogP contribution in [0.3, 0.4) is 0 Å². The van der Waals surface area contributed by atoms with Crippen molar-refractivity contribution in [2.75, 3.05) is 0 Å². The Kier molecular flexibility index (Phi) is 1.67. The summed E-state index contributed by atoms with van der Waals surface area (Å²) in [6.07, 6.45) is 2.67. The van der Waals surface area contributed by atoms with Crippen molar-refractivity contribution in [1.29, 1.82) is 0 Å². The van der Waals surface area contributed by atoms with E-state index in [0.717, 1.165) is 12.8 Å². The van der Waals surface area contributed by atoms with Crippen molar-refractivity contribution in [2.24, 2.45) is 0 Å². The van der Waals surface area contributed by atoms with E-state index in [-0.39, 0.29) is 16.8 Å². The molecule has 76 valence electrons. The van der Waals surface area contributed by atoms with Crippen LogP contribution in [-0.4, -0.2) is 22.9 Å². The quantitative estimate of drug-likeness (QED) is 0.630. The number of hydrogen-bond donors (Lipinski definition) is 0. The first kappa shape index (κ1) is 9.47. The molecule has 0 bridgehead atoms. The van der Waals surface area contributed by atoms with Crippen LogP contribution in [0.5, 0.6) is 0 Å². The maximum atomic E-state index is 5.69. The lowest BCUT2D eigenvalue weighted by Gasteiger charge is -2.10. The van der Waals surface area contributed by atoms with Crippen LogP contribution in [0.15, 0.2) is 0 Å². The Hall–Kier alpha value is -0.0800. The van der Waals surface area contributed by atoms with E-state index in [4.69, 9.17) is 9.47 Å². The lowest BCUT2D eigenvalue weighted by molar-refractivity contribution is 0.244. The zero-order valence-corrected chi connectivity index (χ0v) is 9.31. The van der Waals surface area contributed by atoms with Gasteiger partial charge in [0.05, 0.1) is 22.9 Å². The summed E-state index contributed by atoms with van der Waals surface area (Å²) >= 11 is 0. The van der Waals surface area contributed by atoms with E-state index in [0.29, 0.717) is 6.10 Å². The first-order valence-electron chi connectivity index (χ1n) is 5.17. The van der Waals surface area contributed by atoms with Crippen molar-refractivity contribution in [2.45, 2.75) is 70.4 Å². The van der Waals surface area contributed by atoms with Crippen LogP contribution in [0.4, 0.5) is 0 Å². The van der Waals surface area contributed by atoms with Crippen LogP contribution < -0.4 is 0 Å². The molecule has 2 heteroatoms. The third kappa shape index (κ3) is 1.40. The summed E-state index contributed by atoms with van der Waals surface area (Å²) in [7, 11) is 0. The van der Waals surface area contributed by atoms with E-state index in [2.05, 4.69) is 34.6 Å². The van der Waals surface area contributed by atoms with Crippen LogP contribution in [-0.2, 0) is 9.47 Å². The van der Waals surface area contributed by atoms with Crippen LogP contribution in [0.1, 0.15) is 47.5 Å². The summed E-state index contributed by atoms with van der Waals surface area (Å²) in [5.41, 5.74) is 0.328. The minimum absolute atomic E-state index is 0.0848. The Morgan fingerprint density at radius 1 is 1.08 bits per heavy atom. The number of rotatable bonds is 3. The molecule has 2 rings (SSSR count). The van der Waals surface area contributed by atoms with E-state index in [9.17, 15) is 0 Å². The highest BCUT2D eigenvalue weighted by atomic mass is 16.6. The lowest BCUT2D eigenvalue weighted by Crippen LogP contribution is -2.20. The molecular weight excluding hydrogens is 164 g/mol. The van der Waals surface area contributed by atoms with Gasteiger partial charge in [-0.2, -0.15) is 0 Å². The smallest absolute Gasteiger partial charge is 0.0947 e. The monoisotopic (exact) mass is 184 g/mol. The molecule has 3 atom stereocenters. The third-order valence-electron chi connectivity index (χ3n) is 4.06. The van der Waals surface area contributed by atoms with Crippen molar-refractivity contribution in [3.8, 4) is 0 Å². The third-order valence-corrected chi connectivity index (χ3v) is 4.06. The summed E-state index contributed by atoms with van der Waals surface area (Å²) in [5, 5.41) is 0. The van der Waals surface area contributed by atoms with E-state index in [1.165, 1.54) is 0 Å². The molecule has 0 amide bonds. The van der Waals surface area contributed by atoms with Gasteiger partial charge in [0, 0.05) is 0 Å². The molecule has 2 aliphatic heterocycles. The summed E-state index contributed by atoms with van der Waals surface area (Å²) in [5.74, 6) is 0. The average Bonchev–Trinajstić information content (AvgIpc) is 2.71. The second-order valence-corrected chi connectivity index (χ2v) is 5.42. The first-order valence-corrected chi connectivity index (χ1v) is 5.17. The molecule has 0 spiro atoms. The van der Waals surface area contributed by atoms with Gasteiger partial charge in [-0.05, 0) is 47.5 Å². The molecule has 0 radical (unpaired) electrons. The van der Waals surface area contributed by atoms with Crippen molar-refractivity contribution >= 4 is 0 Å². The Bertz CT molecular complexity index is 236.